The second-order valence-corrected chi connectivity index (χ2v) is 6.00. The monoisotopic (exact) mass is 351 g/mol. The minimum absolute atomic E-state index is 0.156. The van der Waals surface area contributed by atoms with Crippen molar-refractivity contribution in [1.82, 2.24) is 15.5 Å². The Bertz CT molecular complexity index is 685. The molecule has 0 unspecified atom stereocenters. The lowest BCUT2D eigenvalue weighted by molar-refractivity contribution is -0.140. The number of amides is 3. The fourth-order valence-corrected chi connectivity index (χ4v) is 3.03. The zero-order valence-electron chi connectivity index (χ0n) is 13.3. The highest BCUT2D eigenvalue weighted by Crippen LogP contribution is 2.33. The largest absolute Gasteiger partial charge is 0.354 e. The van der Waals surface area contributed by atoms with E-state index in [9.17, 15) is 9.59 Å². The van der Waals surface area contributed by atoms with Gasteiger partial charge in [0, 0.05) is 19.2 Å². The van der Waals surface area contributed by atoms with Crippen molar-refractivity contribution in [3.05, 3.63) is 46.1 Å². The van der Waals surface area contributed by atoms with Crippen LogP contribution in [0.15, 0.2) is 35.5 Å². The molecule has 2 aliphatic heterocycles. The molecule has 2 heterocycles. The maximum atomic E-state index is 12.8. The van der Waals surface area contributed by atoms with Crippen LogP contribution in [0.4, 0.5) is 4.79 Å². The molecule has 1 atom stereocenters. The van der Waals surface area contributed by atoms with Crippen LogP contribution in [0.3, 0.4) is 0 Å². The van der Waals surface area contributed by atoms with Crippen LogP contribution in [-0.4, -0.2) is 50.4 Å². The summed E-state index contributed by atoms with van der Waals surface area (Å²) >= 11 is 5.92. The Balaban J connectivity index is 1.87. The normalized spacial score (nSPS) is 20.3. The molecule has 0 fully saturated rings. The van der Waals surface area contributed by atoms with Gasteiger partial charge in [0.15, 0.2) is 6.29 Å². The van der Waals surface area contributed by atoms with Gasteiger partial charge in [-0.1, -0.05) is 23.7 Å². The van der Waals surface area contributed by atoms with E-state index in [2.05, 4.69) is 10.6 Å². The summed E-state index contributed by atoms with van der Waals surface area (Å²) in [4.78, 5) is 26.3. The molecule has 0 spiro atoms. The van der Waals surface area contributed by atoms with Gasteiger partial charge >= 0.3 is 6.03 Å². The van der Waals surface area contributed by atoms with Gasteiger partial charge in [0.25, 0.3) is 5.91 Å². The smallest absolute Gasteiger partial charge is 0.319 e. The minimum Gasteiger partial charge on any atom is -0.354 e. The summed E-state index contributed by atoms with van der Waals surface area (Å²) in [5.74, 6) is -0.156. The molecule has 0 radical (unpaired) electrons. The highest BCUT2D eigenvalue weighted by atomic mass is 35.5. The fraction of sp³-hybridized carbons (Fsp3) is 0.375. The topological polar surface area (TPSA) is 79.9 Å². The Hall–Kier alpha value is -2.09. The molecule has 0 aliphatic carbocycles. The number of halogens is 1. The SMILES string of the molecule is COC(CN1CC2=C(C1=O)[C@H](c1ccc(Cl)cc1)NC(=O)N2)OC. The summed E-state index contributed by atoms with van der Waals surface area (Å²) in [7, 11) is 3.03. The fourth-order valence-electron chi connectivity index (χ4n) is 2.91. The molecule has 2 aliphatic rings. The van der Waals surface area contributed by atoms with Crippen LogP contribution >= 0.6 is 11.6 Å². The Morgan fingerprint density at radius 2 is 1.92 bits per heavy atom. The molecule has 1 aromatic rings. The number of nitrogens with zero attached hydrogens (tertiary/aromatic N) is 1. The van der Waals surface area contributed by atoms with Crippen LogP contribution in [-0.2, 0) is 14.3 Å². The number of carbonyl (C=O) groups is 2. The predicted octanol–water partition coefficient (Wildman–Crippen LogP) is 1.41. The van der Waals surface area contributed by atoms with Crippen molar-refractivity contribution in [3.8, 4) is 0 Å². The molecule has 8 heteroatoms. The lowest BCUT2D eigenvalue weighted by Gasteiger charge is -2.25. The summed E-state index contributed by atoms with van der Waals surface area (Å²) in [5, 5.41) is 6.11. The van der Waals surface area contributed by atoms with Crippen molar-refractivity contribution >= 4 is 23.5 Å². The number of benzene rings is 1. The lowest BCUT2D eigenvalue weighted by atomic mass is 9.96. The molecule has 0 aromatic heterocycles. The van der Waals surface area contributed by atoms with Crippen LogP contribution in [0, 0.1) is 0 Å². The first-order chi connectivity index (χ1) is 11.5. The Morgan fingerprint density at radius 1 is 1.25 bits per heavy atom. The van der Waals surface area contributed by atoms with Crippen molar-refractivity contribution in [3.63, 3.8) is 0 Å². The first-order valence-corrected chi connectivity index (χ1v) is 7.82. The zero-order valence-corrected chi connectivity index (χ0v) is 14.1. The van der Waals surface area contributed by atoms with E-state index in [1.54, 1.807) is 29.2 Å². The van der Waals surface area contributed by atoms with E-state index in [1.807, 2.05) is 0 Å². The molecule has 2 N–H and O–H groups in total. The summed E-state index contributed by atoms with van der Waals surface area (Å²) in [5.41, 5.74) is 1.93. The van der Waals surface area contributed by atoms with Gasteiger partial charge in [-0.2, -0.15) is 0 Å². The summed E-state index contributed by atoms with van der Waals surface area (Å²) in [6.07, 6.45) is -0.520. The molecule has 3 rings (SSSR count). The van der Waals surface area contributed by atoms with Crippen LogP contribution in [0.25, 0.3) is 0 Å². The first-order valence-electron chi connectivity index (χ1n) is 7.44. The predicted molar refractivity (Wildman–Crippen MR) is 87.3 cm³/mol. The van der Waals surface area contributed by atoms with E-state index < -0.39 is 12.3 Å². The van der Waals surface area contributed by atoms with Crippen molar-refractivity contribution in [1.29, 1.82) is 0 Å². The number of nitrogens with one attached hydrogen (secondary N) is 2. The van der Waals surface area contributed by atoms with Crippen LogP contribution in [0.2, 0.25) is 5.02 Å². The molecule has 24 heavy (non-hydrogen) atoms. The second-order valence-electron chi connectivity index (χ2n) is 5.56. The van der Waals surface area contributed by atoms with E-state index in [-0.39, 0.29) is 18.5 Å². The third-order valence-electron chi connectivity index (χ3n) is 4.12. The maximum absolute atomic E-state index is 12.8. The molecular formula is C16H18ClN3O4. The highest BCUT2D eigenvalue weighted by Gasteiger charge is 2.40. The summed E-state index contributed by atoms with van der Waals surface area (Å²) in [6.45, 7) is 0.594. The average molecular weight is 352 g/mol. The van der Waals surface area contributed by atoms with Gasteiger partial charge in [0.2, 0.25) is 0 Å². The third-order valence-corrected chi connectivity index (χ3v) is 4.37. The van der Waals surface area contributed by atoms with Gasteiger partial charge < -0.3 is 25.0 Å². The van der Waals surface area contributed by atoms with E-state index >= 15 is 0 Å². The molecule has 128 valence electrons. The van der Waals surface area contributed by atoms with Crippen LogP contribution in [0.1, 0.15) is 11.6 Å². The Morgan fingerprint density at radius 3 is 2.54 bits per heavy atom. The van der Waals surface area contributed by atoms with Gasteiger partial charge in [-0.05, 0) is 17.7 Å². The molecule has 0 saturated carbocycles. The summed E-state index contributed by atoms with van der Waals surface area (Å²) in [6, 6.07) is 6.21. The van der Waals surface area contributed by atoms with Gasteiger partial charge in [0.05, 0.1) is 30.4 Å². The Labute approximate surface area is 144 Å². The number of methoxy groups -OCH3 is 2. The number of ether oxygens (including phenoxy) is 2. The second kappa shape index (κ2) is 6.80. The first kappa shape index (κ1) is 16.8. The van der Waals surface area contributed by atoms with E-state index in [4.69, 9.17) is 21.1 Å². The van der Waals surface area contributed by atoms with E-state index in [0.29, 0.717) is 22.8 Å². The van der Waals surface area contributed by atoms with Crippen molar-refractivity contribution in [2.75, 3.05) is 27.3 Å². The van der Waals surface area contributed by atoms with Gasteiger partial charge in [-0.25, -0.2) is 4.79 Å². The number of rotatable bonds is 5. The van der Waals surface area contributed by atoms with Crippen molar-refractivity contribution < 1.29 is 19.1 Å². The maximum Gasteiger partial charge on any atom is 0.319 e. The molecular weight excluding hydrogens is 334 g/mol. The van der Waals surface area contributed by atoms with Crippen LogP contribution in [0.5, 0.6) is 0 Å². The van der Waals surface area contributed by atoms with E-state index in [1.165, 1.54) is 14.2 Å². The molecule has 0 saturated heterocycles. The number of hydrogen-bond acceptors (Lipinski definition) is 4. The van der Waals surface area contributed by atoms with Gasteiger partial charge in [-0.3, -0.25) is 4.79 Å². The molecule has 1 aromatic carbocycles. The lowest BCUT2D eigenvalue weighted by Crippen LogP contribution is -2.44. The number of hydrogen-bond donors (Lipinski definition) is 2. The van der Waals surface area contributed by atoms with Crippen LogP contribution < -0.4 is 10.6 Å². The van der Waals surface area contributed by atoms with Crippen molar-refractivity contribution in [2.24, 2.45) is 0 Å². The molecule has 7 nitrogen and oxygen atoms in total. The summed E-state index contributed by atoms with van der Waals surface area (Å²) < 4.78 is 10.3. The third kappa shape index (κ3) is 3.10. The van der Waals surface area contributed by atoms with Crippen molar-refractivity contribution in [2.45, 2.75) is 12.3 Å². The highest BCUT2D eigenvalue weighted by molar-refractivity contribution is 6.30. The standard InChI is InChI=1S/C16H18ClN3O4/c1-23-12(24-2)8-20-7-11-13(15(20)21)14(19-16(22)18-11)9-3-5-10(17)6-4-9/h3-6,12,14H,7-8H2,1-2H3,(H2,18,19,22)/t14-/m0/s1. The average Bonchev–Trinajstić information content (AvgIpc) is 2.88. The van der Waals surface area contributed by atoms with E-state index in [0.717, 1.165) is 5.56 Å². The minimum atomic E-state index is -0.520. The number of urea groups is 1. The molecule has 3 amide bonds. The number of carbonyl (C=O) groups excluding carboxylic acids is 2. The Kier molecular flexibility index (Phi) is 4.75. The zero-order chi connectivity index (χ0) is 17.3. The quantitative estimate of drug-likeness (QED) is 0.786. The van der Waals surface area contributed by atoms with Gasteiger partial charge in [-0.15, -0.1) is 0 Å². The van der Waals surface area contributed by atoms with Gasteiger partial charge in [0.1, 0.15) is 0 Å². The molecule has 0 bridgehead atoms.